The number of anilines is 1. The second-order valence-electron chi connectivity index (χ2n) is 7.55. The molecule has 1 fully saturated rings. The van der Waals surface area contributed by atoms with Crippen LogP contribution in [-0.2, 0) is 11.3 Å². The molecule has 0 radical (unpaired) electrons. The summed E-state index contributed by atoms with van der Waals surface area (Å²) in [7, 11) is 1.34. The molecule has 2 aromatic rings. The maximum absolute atomic E-state index is 12.9. The number of nitrogens with two attached hydrogens (primary N) is 3. The molecule has 2 aromatic carbocycles. The number of hydrogen-bond acceptors (Lipinski definition) is 11. The average Bonchev–Trinajstić information content (AvgIpc) is 2.89. The highest BCUT2D eigenvalue weighted by Crippen LogP contribution is 2.23. The molecule has 37 heavy (non-hydrogen) atoms. The monoisotopic (exact) mass is 529 g/mol. The number of imide groups is 1. The van der Waals surface area contributed by atoms with Crippen LogP contribution in [0.3, 0.4) is 0 Å². The number of urea groups is 2. The summed E-state index contributed by atoms with van der Waals surface area (Å²) in [5, 5.41) is 10.7. The van der Waals surface area contributed by atoms with E-state index in [0.29, 0.717) is 10.7 Å². The van der Waals surface area contributed by atoms with Crippen molar-refractivity contribution in [3.05, 3.63) is 70.9 Å². The summed E-state index contributed by atoms with van der Waals surface area (Å²) in [5.41, 5.74) is 15.0. The van der Waals surface area contributed by atoms with Crippen LogP contribution in [0, 0.1) is 5.53 Å². The predicted octanol–water partition coefficient (Wildman–Crippen LogP) is 1.45. The molecule has 0 aliphatic carbocycles. The molecule has 16 heteroatoms. The molecule has 0 saturated carbocycles. The molecule has 194 valence electrons. The summed E-state index contributed by atoms with van der Waals surface area (Å²) >= 11 is 5.95. The first-order valence-corrected chi connectivity index (χ1v) is 10.9. The number of benzene rings is 2. The van der Waals surface area contributed by atoms with Crippen molar-refractivity contribution in [3.63, 3.8) is 0 Å². The summed E-state index contributed by atoms with van der Waals surface area (Å²) in [6.07, 6.45) is 0.0482. The van der Waals surface area contributed by atoms with Crippen LogP contribution < -0.4 is 32.9 Å². The normalized spacial score (nSPS) is 16.5. The van der Waals surface area contributed by atoms with Crippen molar-refractivity contribution in [1.82, 2.24) is 20.2 Å². The zero-order valence-corrected chi connectivity index (χ0v) is 20.2. The number of hydrazone groups is 1. The van der Waals surface area contributed by atoms with E-state index in [1.807, 2.05) is 5.43 Å². The Bertz CT molecular complexity index is 1230. The van der Waals surface area contributed by atoms with Gasteiger partial charge in [-0.1, -0.05) is 29.0 Å². The largest absolute Gasteiger partial charge is 0.438 e. The van der Waals surface area contributed by atoms with Crippen LogP contribution in [0.15, 0.2) is 70.6 Å². The lowest BCUT2D eigenvalue weighted by atomic mass is 10.2. The van der Waals surface area contributed by atoms with Crippen molar-refractivity contribution in [2.75, 3.05) is 12.4 Å². The molecule has 5 amide bonds. The van der Waals surface area contributed by atoms with Gasteiger partial charge in [-0.25, -0.2) is 30.8 Å². The molecule has 1 aliphatic heterocycles. The fraction of sp³-hybridized carbons (Fsp3) is 0.143. The van der Waals surface area contributed by atoms with Gasteiger partial charge in [0, 0.05) is 23.8 Å². The molecule has 1 unspecified atom stereocenters. The first kappa shape index (κ1) is 26.7. The Morgan fingerprint density at radius 3 is 2.41 bits per heavy atom. The van der Waals surface area contributed by atoms with Gasteiger partial charge in [-0.05, 0) is 42.0 Å². The third kappa shape index (κ3) is 6.41. The minimum absolute atomic E-state index is 0.144. The number of nitrogens with zero attached hydrogens (tertiary/aromatic N) is 5. The van der Waals surface area contributed by atoms with Gasteiger partial charge < -0.3 is 21.6 Å². The Hall–Kier alpha value is -4.89. The number of nitrogens with one attached hydrogen (secondary N) is 3. The van der Waals surface area contributed by atoms with Gasteiger partial charge in [0.25, 0.3) is 5.91 Å². The van der Waals surface area contributed by atoms with Crippen LogP contribution >= 0.6 is 11.6 Å². The van der Waals surface area contributed by atoms with Gasteiger partial charge in [0.15, 0.2) is 0 Å². The Kier molecular flexibility index (Phi) is 8.44. The van der Waals surface area contributed by atoms with Gasteiger partial charge in [-0.3, -0.25) is 9.69 Å². The van der Waals surface area contributed by atoms with Crippen molar-refractivity contribution in [1.29, 1.82) is 5.53 Å². The molecule has 15 nitrogen and oxygen atoms in total. The lowest BCUT2D eigenvalue weighted by Crippen LogP contribution is -2.69. The van der Waals surface area contributed by atoms with Crippen molar-refractivity contribution in [3.8, 4) is 5.75 Å². The molecular weight excluding hydrogens is 506 g/mol. The van der Waals surface area contributed by atoms with Crippen LogP contribution in [0.25, 0.3) is 0 Å². The van der Waals surface area contributed by atoms with Crippen molar-refractivity contribution >= 4 is 41.2 Å². The maximum atomic E-state index is 12.9. The summed E-state index contributed by atoms with van der Waals surface area (Å²) < 4.78 is 5.50. The summed E-state index contributed by atoms with van der Waals surface area (Å²) in [4.78, 5) is 39.3. The number of ether oxygens (including phenoxy) is 1. The number of amides is 5. The van der Waals surface area contributed by atoms with Crippen molar-refractivity contribution < 1.29 is 19.1 Å². The summed E-state index contributed by atoms with van der Waals surface area (Å²) in [6, 6.07) is 12.0. The number of halogens is 1. The molecule has 9 N–H and O–H groups in total. The van der Waals surface area contributed by atoms with Gasteiger partial charge in [-0.15, -0.1) is 5.10 Å². The average molecular weight is 530 g/mol. The summed E-state index contributed by atoms with van der Waals surface area (Å²) in [6.45, 7) is 0.144. The van der Waals surface area contributed by atoms with Crippen LogP contribution in [0.5, 0.6) is 5.75 Å². The quantitative estimate of drug-likeness (QED) is 0.0557. The van der Waals surface area contributed by atoms with Gasteiger partial charge in [-0.2, -0.15) is 5.53 Å². The predicted molar refractivity (Wildman–Crippen MR) is 133 cm³/mol. The lowest BCUT2D eigenvalue weighted by Gasteiger charge is -2.44. The molecular formula is C21H24ClN11O4. The molecule has 3 rings (SSSR count). The number of carbonyl (C=O) groups excluding carboxylic acids is 3. The van der Waals surface area contributed by atoms with Gasteiger partial charge >= 0.3 is 12.1 Å². The van der Waals surface area contributed by atoms with E-state index in [1.165, 1.54) is 11.9 Å². The first-order valence-electron chi connectivity index (χ1n) is 10.5. The number of carbonyl (C=O) groups is 3. The lowest BCUT2D eigenvalue weighted by molar-refractivity contribution is -0.117. The van der Waals surface area contributed by atoms with E-state index >= 15 is 0 Å². The fourth-order valence-electron chi connectivity index (χ4n) is 3.19. The van der Waals surface area contributed by atoms with E-state index in [9.17, 15) is 14.4 Å². The third-order valence-corrected chi connectivity index (χ3v) is 5.32. The van der Waals surface area contributed by atoms with Crippen molar-refractivity contribution in [2.24, 2.45) is 27.7 Å². The van der Waals surface area contributed by atoms with E-state index < -0.39 is 24.3 Å². The Morgan fingerprint density at radius 2 is 1.81 bits per heavy atom. The van der Waals surface area contributed by atoms with E-state index in [4.69, 9.17) is 39.3 Å². The minimum Gasteiger partial charge on any atom is -0.438 e. The number of hydrogen-bond donors (Lipinski definition) is 6. The Balaban J connectivity index is 1.77. The van der Waals surface area contributed by atoms with Crippen LogP contribution in [0.1, 0.15) is 5.56 Å². The van der Waals surface area contributed by atoms with Gasteiger partial charge in [0.05, 0.1) is 6.54 Å². The molecule has 0 aromatic heterocycles. The molecule has 0 bridgehead atoms. The Labute approximate surface area is 215 Å². The van der Waals surface area contributed by atoms with Crippen LogP contribution in [0.4, 0.5) is 15.3 Å². The number of rotatable bonds is 8. The molecule has 0 spiro atoms. The third-order valence-electron chi connectivity index (χ3n) is 5.06. The molecule has 1 saturated heterocycles. The molecule has 1 atom stereocenters. The highest BCUT2D eigenvalue weighted by atomic mass is 35.5. The minimum atomic E-state index is -1.01. The fourth-order valence-corrected chi connectivity index (χ4v) is 3.32. The van der Waals surface area contributed by atoms with Crippen molar-refractivity contribution in [2.45, 2.75) is 12.8 Å². The smallest absolute Gasteiger partial charge is 0.345 e. The second kappa shape index (κ2) is 11.7. The molecule has 1 heterocycles. The highest BCUT2D eigenvalue weighted by molar-refractivity contribution is 6.30. The van der Waals surface area contributed by atoms with E-state index in [1.54, 1.807) is 48.5 Å². The zero-order valence-electron chi connectivity index (χ0n) is 19.5. The summed E-state index contributed by atoms with van der Waals surface area (Å²) in [5.74, 6) is 10.6. The second-order valence-corrected chi connectivity index (χ2v) is 7.99. The van der Waals surface area contributed by atoms with Gasteiger partial charge in [0.2, 0.25) is 12.2 Å². The van der Waals surface area contributed by atoms with E-state index in [-0.39, 0.29) is 23.9 Å². The van der Waals surface area contributed by atoms with E-state index in [2.05, 4.69) is 15.6 Å². The highest BCUT2D eigenvalue weighted by Gasteiger charge is 2.41. The number of hydrazine groups is 1. The van der Waals surface area contributed by atoms with E-state index in [0.717, 1.165) is 21.5 Å². The first-order chi connectivity index (χ1) is 17.6. The SMILES string of the molecule is CN1C(=O)N(N)C(Nc2ccc(OC(C=C(N)C(=O)NN=N)=NN)cc2)N(Cc2ccc(Cl)cc2)C1=O. The zero-order chi connectivity index (χ0) is 27.1. The standard InChI is InChI=1S/C21H24ClN11O4/c1-31-20(35)32(11-12-2-4-13(22)5-3-12)19(33(26)21(31)36)27-14-6-8-15(9-7-14)37-17(28-24)10-16(23)18(34)29-30-25/h2-10,19,27H,11,23-24,26H2,1H3,(H2,25,29,34). The van der Waals surface area contributed by atoms with Crippen LogP contribution in [-0.4, -0.2) is 52.0 Å². The van der Waals surface area contributed by atoms with Gasteiger partial charge in [0.1, 0.15) is 11.4 Å². The Morgan fingerprint density at radius 1 is 1.16 bits per heavy atom. The topological polar surface area (TPSA) is 221 Å². The molecule has 1 aliphatic rings. The van der Waals surface area contributed by atoms with Crippen LogP contribution in [0.2, 0.25) is 5.02 Å². The maximum Gasteiger partial charge on any atom is 0.345 e.